The van der Waals surface area contributed by atoms with E-state index in [1.54, 1.807) is 12.1 Å². The third-order valence-corrected chi connectivity index (χ3v) is 4.70. The Morgan fingerprint density at radius 1 is 1.18 bits per heavy atom. The standard InChI is InChI=1S/C16H23N3O3/c20-19(21)15-3-1-13(2-4-15)16(14-5-11-22-12-6-14)18-9-7-17-8-10-18/h1-4,14,16-17H,5-12H2/t16-/m1/s1. The topological polar surface area (TPSA) is 67.6 Å². The number of non-ortho nitro benzene ring substituents is 1. The maximum atomic E-state index is 10.9. The van der Waals surface area contributed by atoms with Crippen molar-refractivity contribution in [2.75, 3.05) is 39.4 Å². The zero-order valence-electron chi connectivity index (χ0n) is 12.7. The smallest absolute Gasteiger partial charge is 0.269 e. The highest BCUT2D eigenvalue weighted by molar-refractivity contribution is 5.34. The normalized spacial score (nSPS) is 22.4. The Morgan fingerprint density at radius 2 is 1.82 bits per heavy atom. The molecule has 0 aromatic heterocycles. The van der Waals surface area contributed by atoms with E-state index in [2.05, 4.69) is 10.2 Å². The van der Waals surface area contributed by atoms with Crippen LogP contribution in [0.4, 0.5) is 5.69 Å². The average molecular weight is 305 g/mol. The summed E-state index contributed by atoms with van der Waals surface area (Å²) in [6, 6.07) is 7.46. The van der Waals surface area contributed by atoms with Gasteiger partial charge in [0, 0.05) is 57.6 Å². The fourth-order valence-electron chi connectivity index (χ4n) is 3.57. The highest BCUT2D eigenvalue weighted by Crippen LogP contribution is 2.35. The van der Waals surface area contributed by atoms with Gasteiger partial charge in [-0.05, 0) is 24.3 Å². The van der Waals surface area contributed by atoms with Gasteiger partial charge in [0.25, 0.3) is 5.69 Å². The average Bonchev–Trinajstić information content (AvgIpc) is 2.57. The van der Waals surface area contributed by atoms with Crippen LogP contribution in [0.25, 0.3) is 0 Å². The lowest BCUT2D eigenvalue weighted by atomic mass is 9.85. The fraction of sp³-hybridized carbons (Fsp3) is 0.625. The van der Waals surface area contributed by atoms with Crippen molar-refractivity contribution in [3.8, 4) is 0 Å². The lowest BCUT2D eigenvalue weighted by molar-refractivity contribution is -0.384. The number of nitrogens with zero attached hydrogens (tertiary/aromatic N) is 2. The van der Waals surface area contributed by atoms with E-state index in [0.717, 1.165) is 52.2 Å². The molecule has 2 aliphatic rings. The van der Waals surface area contributed by atoms with Gasteiger partial charge in [-0.2, -0.15) is 0 Å². The molecule has 2 saturated heterocycles. The predicted molar refractivity (Wildman–Crippen MR) is 83.8 cm³/mol. The Bertz CT molecular complexity index is 476. The second-order valence-corrected chi connectivity index (χ2v) is 6.03. The molecule has 2 aliphatic heterocycles. The molecule has 0 spiro atoms. The Hall–Kier alpha value is -1.50. The molecule has 2 fully saturated rings. The van der Waals surface area contributed by atoms with E-state index in [9.17, 15) is 10.1 Å². The molecule has 6 heteroatoms. The van der Waals surface area contributed by atoms with Gasteiger partial charge in [0.2, 0.25) is 0 Å². The quantitative estimate of drug-likeness (QED) is 0.680. The highest BCUT2D eigenvalue weighted by atomic mass is 16.6. The first-order valence-electron chi connectivity index (χ1n) is 8.02. The predicted octanol–water partition coefficient (Wildman–Crippen LogP) is 1.97. The van der Waals surface area contributed by atoms with E-state index in [0.29, 0.717) is 12.0 Å². The summed E-state index contributed by atoms with van der Waals surface area (Å²) in [5.41, 5.74) is 1.36. The van der Waals surface area contributed by atoms with Crippen LogP contribution in [0, 0.1) is 16.0 Å². The van der Waals surface area contributed by atoms with Crippen LogP contribution in [-0.2, 0) is 4.74 Å². The zero-order chi connectivity index (χ0) is 15.4. The molecule has 3 rings (SSSR count). The minimum absolute atomic E-state index is 0.162. The molecule has 1 N–H and O–H groups in total. The first kappa shape index (κ1) is 15.4. The van der Waals surface area contributed by atoms with Gasteiger partial charge in [-0.15, -0.1) is 0 Å². The van der Waals surface area contributed by atoms with Gasteiger partial charge >= 0.3 is 0 Å². The van der Waals surface area contributed by atoms with Crippen molar-refractivity contribution in [3.05, 3.63) is 39.9 Å². The lowest BCUT2D eigenvalue weighted by Crippen LogP contribution is -2.47. The number of ether oxygens (including phenoxy) is 1. The van der Waals surface area contributed by atoms with Crippen molar-refractivity contribution < 1.29 is 9.66 Å². The van der Waals surface area contributed by atoms with Crippen molar-refractivity contribution in [1.82, 2.24) is 10.2 Å². The summed E-state index contributed by atoms with van der Waals surface area (Å²) in [6.45, 7) is 5.71. The van der Waals surface area contributed by atoms with Crippen LogP contribution in [-0.4, -0.2) is 49.2 Å². The molecule has 0 bridgehead atoms. The SMILES string of the molecule is O=[N+]([O-])c1ccc([C@H](C2CCOCC2)N2CCNCC2)cc1. The minimum Gasteiger partial charge on any atom is -0.381 e. The van der Waals surface area contributed by atoms with Crippen LogP contribution in [0.3, 0.4) is 0 Å². The van der Waals surface area contributed by atoms with Crippen LogP contribution in [0.1, 0.15) is 24.4 Å². The maximum absolute atomic E-state index is 10.9. The Kier molecular flexibility index (Phi) is 5.02. The van der Waals surface area contributed by atoms with E-state index in [1.807, 2.05) is 12.1 Å². The number of nitrogens with one attached hydrogen (secondary N) is 1. The number of hydrogen-bond donors (Lipinski definition) is 1. The number of rotatable bonds is 4. The van der Waals surface area contributed by atoms with Crippen LogP contribution < -0.4 is 5.32 Å². The highest BCUT2D eigenvalue weighted by Gasteiger charge is 2.31. The molecule has 0 unspecified atom stereocenters. The summed E-state index contributed by atoms with van der Waals surface area (Å²) >= 11 is 0. The molecule has 0 amide bonds. The van der Waals surface area contributed by atoms with Crippen LogP contribution >= 0.6 is 0 Å². The minimum atomic E-state index is -0.335. The van der Waals surface area contributed by atoms with Crippen LogP contribution in [0.15, 0.2) is 24.3 Å². The molecular weight excluding hydrogens is 282 g/mol. The molecule has 0 radical (unpaired) electrons. The lowest BCUT2D eigenvalue weighted by Gasteiger charge is -2.41. The second kappa shape index (κ2) is 7.17. The summed E-state index contributed by atoms with van der Waals surface area (Å²) in [6.07, 6.45) is 2.12. The molecule has 1 aromatic carbocycles. The Labute approximate surface area is 130 Å². The Balaban J connectivity index is 1.84. The molecule has 120 valence electrons. The third kappa shape index (κ3) is 3.45. The number of hydrogen-bond acceptors (Lipinski definition) is 5. The molecule has 0 saturated carbocycles. The number of benzene rings is 1. The maximum Gasteiger partial charge on any atom is 0.269 e. The van der Waals surface area contributed by atoms with Crippen molar-refractivity contribution in [2.45, 2.75) is 18.9 Å². The summed E-state index contributed by atoms with van der Waals surface area (Å²) in [4.78, 5) is 13.0. The fourth-order valence-corrected chi connectivity index (χ4v) is 3.57. The van der Waals surface area contributed by atoms with Crippen LogP contribution in [0.5, 0.6) is 0 Å². The molecule has 1 aromatic rings. The first-order valence-corrected chi connectivity index (χ1v) is 8.02. The molecule has 0 aliphatic carbocycles. The van der Waals surface area contributed by atoms with E-state index in [1.165, 1.54) is 5.56 Å². The van der Waals surface area contributed by atoms with Crippen molar-refractivity contribution in [3.63, 3.8) is 0 Å². The molecule has 22 heavy (non-hydrogen) atoms. The molecule has 1 atom stereocenters. The summed E-state index contributed by atoms with van der Waals surface area (Å²) in [5.74, 6) is 0.563. The number of nitro groups is 1. The van der Waals surface area contributed by atoms with Gasteiger partial charge in [0.15, 0.2) is 0 Å². The van der Waals surface area contributed by atoms with E-state index in [-0.39, 0.29) is 10.6 Å². The van der Waals surface area contributed by atoms with Crippen molar-refractivity contribution >= 4 is 5.69 Å². The molecular formula is C16H23N3O3. The first-order chi connectivity index (χ1) is 10.8. The molecule has 2 heterocycles. The van der Waals surface area contributed by atoms with E-state index < -0.39 is 0 Å². The zero-order valence-corrected chi connectivity index (χ0v) is 12.7. The summed E-state index contributed by atoms with van der Waals surface area (Å²) in [7, 11) is 0. The van der Waals surface area contributed by atoms with Gasteiger partial charge in [-0.25, -0.2) is 0 Å². The molecule has 6 nitrogen and oxygen atoms in total. The monoisotopic (exact) mass is 305 g/mol. The largest absolute Gasteiger partial charge is 0.381 e. The van der Waals surface area contributed by atoms with Gasteiger partial charge in [-0.3, -0.25) is 15.0 Å². The number of nitro benzene ring substituents is 1. The van der Waals surface area contributed by atoms with Gasteiger partial charge in [0.1, 0.15) is 0 Å². The van der Waals surface area contributed by atoms with Gasteiger partial charge in [0.05, 0.1) is 4.92 Å². The summed E-state index contributed by atoms with van der Waals surface area (Å²) < 4.78 is 5.50. The van der Waals surface area contributed by atoms with E-state index >= 15 is 0 Å². The van der Waals surface area contributed by atoms with E-state index in [4.69, 9.17) is 4.74 Å². The van der Waals surface area contributed by atoms with Crippen LogP contribution in [0.2, 0.25) is 0 Å². The van der Waals surface area contributed by atoms with Crippen molar-refractivity contribution in [1.29, 1.82) is 0 Å². The Morgan fingerprint density at radius 3 is 2.41 bits per heavy atom. The second-order valence-electron chi connectivity index (χ2n) is 6.03. The van der Waals surface area contributed by atoms with Crippen molar-refractivity contribution in [2.24, 2.45) is 5.92 Å². The summed E-state index contributed by atoms with van der Waals surface area (Å²) in [5, 5.41) is 14.2. The van der Waals surface area contributed by atoms with Gasteiger partial charge < -0.3 is 10.1 Å². The third-order valence-electron chi connectivity index (χ3n) is 4.70. The van der Waals surface area contributed by atoms with Gasteiger partial charge in [-0.1, -0.05) is 12.1 Å². The number of piperazine rings is 1.